The first kappa shape index (κ1) is 16.0. The average Bonchev–Trinajstić information content (AvgIpc) is 2.51. The highest BCUT2D eigenvalue weighted by atomic mass is 32.2. The van der Waals surface area contributed by atoms with Crippen molar-refractivity contribution in [3.63, 3.8) is 0 Å². The largest absolute Gasteiger partial charge is 0.312 e. The third-order valence-electron chi connectivity index (χ3n) is 3.44. The molecular formula is C17H19F2NS. The number of hydrogen-bond acceptors (Lipinski definition) is 2. The maximum absolute atomic E-state index is 13.6. The summed E-state index contributed by atoms with van der Waals surface area (Å²) in [7, 11) is 1.88. The normalized spacial score (nSPS) is 12.4. The summed E-state index contributed by atoms with van der Waals surface area (Å²) < 4.78 is 26.8. The zero-order chi connectivity index (χ0) is 15.2. The number of nitrogens with one attached hydrogen (secondary N) is 1. The zero-order valence-corrected chi connectivity index (χ0v) is 13.0. The molecule has 0 aliphatic rings. The summed E-state index contributed by atoms with van der Waals surface area (Å²) in [5.41, 5.74) is 2.44. The second-order valence-corrected chi connectivity index (χ2v) is 5.88. The summed E-state index contributed by atoms with van der Waals surface area (Å²) in [6, 6.07) is 12.0. The van der Waals surface area contributed by atoms with Gasteiger partial charge in [0, 0.05) is 16.7 Å². The van der Waals surface area contributed by atoms with Gasteiger partial charge in [0.25, 0.3) is 0 Å². The van der Waals surface area contributed by atoms with Crippen molar-refractivity contribution in [1.82, 2.24) is 5.32 Å². The first-order valence-electron chi connectivity index (χ1n) is 6.98. The number of thioether (sulfide) groups is 1. The van der Waals surface area contributed by atoms with Crippen LogP contribution in [-0.4, -0.2) is 12.8 Å². The molecular weight excluding hydrogens is 288 g/mol. The lowest BCUT2D eigenvalue weighted by Crippen LogP contribution is -2.18. The Morgan fingerprint density at radius 1 is 1.10 bits per heavy atom. The van der Waals surface area contributed by atoms with Gasteiger partial charge in [-0.25, -0.2) is 8.78 Å². The van der Waals surface area contributed by atoms with Gasteiger partial charge in [-0.1, -0.05) is 31.2 Å². The maximum Gasteiger partial charge on any atom is 0.136 e. The van der Waals surface area contributed by atoms with E-state index in [1.165, 1.54) is 29.5 Å². The molecule has 1 N–H and O–H groups in total. The van der Waals surface area contributed by atoms with Crippen molar-refractivity contribution in [2.24, 2.45) is 0 Å². The molecule has 0 saturated heterocycles. The van der Waals surface area contributed by atoms with Gasteiger partial charge in [-0.05, 0) is 42.8 Å². The molecule has 0 spiro atoms. The summed E-state index contributed by atoms with van der Waals surface area (Å²) in [5.74, 6) is -0.146. The Labute approximate surface area is 128 Å². The van der Waals surface area contributed by atoms with E-state index in [9.17, 15) is 8.78 Å². The zero-order valence-electron chi connectivity index (χ0n) is 12.2. The predicted molar refractivity (Wildman–Crippen MR) is 84.7 cm³/mol. The second kappa shape index (κ2) is 7.57. The van der Waals surface area contributed by atoms with Crippen LogP contribution in [0.15, 0.2) is 47.4 Å². The number of hydrogen-bond donors (Lipinski definition) is 1. The molecule has 112 valence electrons. The Hall–Kier alpha value is -1.39. The average molecular weight is 307 g/mol. The summed E-state index contributed by atoms with van der Waals surface area (Å²) in [6.07, 6.45) is 1.01. The van der Waals surface area contributed by atoms with Gasteiger partial charge in [-0.2, -0.15) is 0 Å². The smallest absolute Gasteiger partial charge is 0.136 e. The molecule has 0 amide bonds. The van der Waals surface area contributed by atoms with Crippen LogP contribution in [0.25, 0.3) is 0 Å². The van der Waals surface area contributed by atoms with Crippen LogP contribution in [0.3, 0.4) is 0 Å². The summed E-state index contributed by atoms with van der Waals surface area (Å²) in [5, 5.41) is 3.22. The van der Waals surface area contributed by atoms with Crippen molar-refractivity contribution in [3.05, 3.63) is 65.2 Å². The van der Waals surface area contributed by atoms with Gasteiger partial charge in [0.15, 0.2) is 0 Å². The van der Waals surface area contributed by atoms with E-state index in [1.54, 1.807) is 0 Å². The fourth-order valence-corrected chi connectivity index (χ4v) is 3.20. The van der Waals surface area contributed by atoms with Gasteiger partial charge >= 0.3 is 0 Å². The SMILES string of the molecule is CCc1ccc(C(CSc2cc(F)ccc2F)NC)cc1. The van der Waals surface area contributed by atoms with Crippen LogP contribution in [0.1, 0.15) is 24.1 Å². The van der Waals surface area contributed by atoms with Gasteiger partial charge in [0.2, 0.25) is 0 Å². The van der Waals surface area contributed by atoms with E-state index in [-0.39, 0.29) is 11.9 Å². The first-order chi connectivity index (χ1) is 10.1. The summed E-state index contributed by atoms with van der Waals surface area (Å²) in [4.78, 5) is 0.348. The molecule has 2 aromatic rings. The molecule has 0 heterocycles. The van der Waals surface area contributed by atoms with E-state index in [1.807, 2.05) is 7.05 Å². The lowest BCUT2D eigenvalue weighted by atomic mass is 10.1. The Kier molecular flexibility index (Phi) is 5.76. The van der Waals surface area contributed by atoms with Crippen LogP contribution in [0.2, 0.25) is 0 Å². The van der Waals surface area contributed by atoms with E-state index in [0.717, 1.165) is 18.1 Å². The van der Waals surface area contributed by atoms with Crippen molar-refractivity contribution in [1.29, 1.82) is 0 Å². The molecule has 2 rings (SSSR count). The molecule has 1 atom stereocenters. The molecule has 2 aromatic carbocycles. The van der Waals surface area contributed by atoms with Gasteiger partial charge in [0.1, 0.15) is 11.6 Å². The van der Waals surface area contributed by atoms with Crippen molar-refractivity contribution >= 4 is 11.8 Å². The van der Waals surface area contributed by atoms with Crippen LogP contribution in [0.5, 0.6) is 0 Å². The molecule has 4 heteroatoms. The lowest BCUT2D eigenvalue weighted by Gasteiger charge is -2.17. The molecule has 1 nitrogen and oxygen atoms in total. The Bertz CT molecular complexity index is 584. The predicted octanol–water partition coefficient (Wildman–Crippen LogP) is 4.58. The Morgan fingerprint density at radius 2 is 1.81 bits per heavy atom. The van der Waals surface area contributed by atoms with E-state index >= 15 is 0 Å². The van der Waals surface area contributed by atoms with E-state index in [0.29, 0.717) is 10.6 Å². The third kappa shape index (κ3) is 4.29. The quantitative estimate of drug-likeness (QED) is 0.784. The molecule has 1 unspecified atom stereocenters. The monoisotopic (exact) mass is 307 g/mol. The number of benzene rings is 2. The molecule has 0 aliphatic heterocycles. The van der Waals surface area contributed by atoms with Gasteiger partial charge in [-0.15, -0.1) is 11.8 Å². The standard InChI is InChI=1S/C17H19F2NS/c1-3-12-4-6-13(7-5-12)16(20-2)11-21-17-10-14(18)8-9-15(17)19/h4-10,16,20H,3,11H2,1-2H3. The van der Waals surface area contributed by atoms with Crippen LogP contribution < -0.4 is 5.32 Å². The highest BCUT2D eigenvalue weighted by Crippen LogP contribution is 2.27. The Balaban J connectivity index is 2.06. The van der Waals surface area contributed by atoms with Crippen molar-refractivity contribution in [3.8, 4) is 0 Å². The van der Waals surface area contributed by atoms with Gasteiger partial charge in [-0.3, -0.25) is 0 Å². The molecule has 0 aliphatic carbocycles. The van der Waals surface area contributed by atoms with Gasteiger partial charge < -0.3 is 5.32 Å². The minimum Gasteiger partial charge on any atom is -0.312 e. The maximum atomic E-state index is 13.6. The van der Waals surface area contributed by atoms with Gasteiger partial charge in [0.05, 0.1) is 0 Å². The highest BCUT2D eigenvalue weighted by molar-refractivity contribution is 7.99. The number of halogens is 2. The molecule has 0 bridgehead atoms. The minimum absolute atomic E-state index is 0.101. The van der Waals surface area contributed by atoms with Crippen molar-refractivity contribution < 1.29 is 8.78 Å². The third-order valence-corrected chi connectivity index (χ3v) is 4.56. The molecule has 0 fully saturated rings. The van der Waals surface area contributed by atoms with E-state index in [2.05, 4.69) is 36.5 Å². The second-order valence-electron chi connectivity index (χ2n) is 4.82. The lowest BCUT2D eigenvalue weighted by molar-refractivity contribution is 0.576. The first-order valence-corrected chi connectivity index (χ1v) is 7.96. The fraction of sp³-hybridized carbons (Fsp3) is 0.294. The number of rotatable bonds is 6. The summed E-state index contributed by atoms with van der Waals surface area (Å²) >= 11 is 1.32. The molecule has 0 saturated carbocycles. The van der Waals surface area contributed by atoms with E-state index < -0.39 is 5.82 Å². The molecule has 0 radical (unpaired) electrons. The van der Waals surface area contributed by atoms with Crippen LogP contribution in [-0.2, 0) is 6.42 Å². The van der Waals surface area contributed by atoms with Crippen LogP contribution in [0.4, 0.5) is 8.78 Å². The number of aryl methyl sites for hydroxylation is 1. The Morgan fingerprint density at radius 3 is 2.43 bits per heavy atom. The fourth-order valence-electron chi connectivity index (χ4n) is 2.09. The summed E-state index contributed by atoms with van der Waals surface area (Å²) in [6.45, 7) is 2.12. The van der Waals surface area contributed by atoms with Crippen LogP contribution in [0, 0.1) is 11.6 Å². The highest BCUT2D eigenvalue weighted by Gasteiger charge is 2.12. The van der Waals surface area contributed by atoms with Crippen molar-refractivity contribution in [2.75, 3.05) is 12.8 Å². The molecule has 0 aromatic heterocycles. The van der Waals surface area contributed by atoms with Crippen molar-refractivity contribution in [2.45, 2.75) is 24.3 Å². The van der Waals surface area contributed by atoms with Crippen LogP contribution >= 0.6 is 11.8 Å². The van der Waals surface area contributed by atoms with E-state index in [4.69, 9.17) is 0 Å². The minimum atomic E-state index is -0.410. The topological polar surface area (TPSA) is 12.0 Å². The molecule has 21 heavy (non-hydrogen) atoms.